The number of morpholine rings is 1. The van der Waals surface area contributed by atoms with E-state index in [1.54, 1.807) is 4.90 Å². The molecule has 3 atom stereocenters. The summed E-state index contributed by atoms with van der Waals surface area (Å²) in [5.41, 5.74) is -0.544. The number of alkyl halides is 3. The van der Waals surface area contributed by atoms with Crippen molar-refractivity contribution in [3.8, 4) is 22.4 Å². The first-order valence-electron chi connectivity index (χ1n) is 14.4. The first kappa shape index (κ1) is 32.3. The second-order valence-electron chi connectivity index (χ2n) is 11.7. The fraction of sp³-hybridized carbons (Fsp3) is 0.467. The number of ether oxygens (including phenoxy) is 1. The summed E-state index contributed by atoms with van der Waals surface area (Å²) in [6, 6.07) is 1.15. The minimum Gasteiger partial charge on any atom is -0.372 e. The molecular formula is C30H34F5N7O3. The van der Waals surface area contributed by atoms with Gasteiger partial charge in [0.2, 0.25) is 5.95 Å². The van der Waals surface area contributed by atoms with Gasteiger partial charge < -0.3 is 29.7 Å². The Morgan fingerprint density at radius 2 is 1.58 bits per heavy atom. The highest BCUT2D eigenvalue weighted by atomic mass is 19.4. The van der Waals surface area contributed by atoms with Crippen molar-refractivity contribution in [1.29, 1.82) is 0 Å². The first-order chi connectivity index (χ1) is 21.1. The predicted molar refractivity (Wildman–Crippen MR) is 158 cm³/mol. The van der Waals surface area contributed by atoms with E-state index in [-0.39, 0.29) is 48.7 Å². The van der Waals surface area contributed by atoms with E-state index < -0.39 is 57.2 Å². The molecule has 1 aromatic carbocycles. The van der Waals surface area contributed by atoms with Gasteiger partial charge in [0.05, 0.1) is 45.8 Å². The normalized spacial score (nSPS) is 21.3. The van der Waals surface area contributed by atoms with E-state index in [2.05, 4.69) is 9.97 Å². The molecule has 2 aliphatic heterocycles. The fourth-order valence-electron chi connectivity index (χ4n) is 6.03. The summed E-state index contributed by atoms with van der Waals surface area (Å²) in [6.45, 7) is 7.66. The maximum atomic E-state index is 16.9. The number of likely N-dealkylation sites (N-methyl/N-ethyl adjacent to an activating group) is 1. The number of primary amides is 1. The second-order valence-corrected chi connectivity index (χ2v) is 11.7. The van der Waals surface area contributed by atoms with Crippen LogP contribution in [0.1, 0.15) is 36.7 Å². The highest BCUT2D eigenvalue weighted by Crippen LogP contribution is 2.44. The summed E-state index contributed by atoms with van der Waals surface area (Å²) < 4.78 is 81.8. The Balaban J connectivity index is 1.76. The molecule has 0 aliphatic carbocycles. The van der Waals surface area contributed by atoms with Gasteiger partial charge in [-0.1, -0.05) is 0 Å². The predicted octanol–water partition coefficient (Wildman–Crippen LogP) is 3.66. The van der Waals surface area contributed by atoms with Gasteiger partial charge in [-0.15, -0.1) is 0 Å². The second kappa shape index (κ2) is 12.0. The van der Waals surface area contributed by atoms with Crippen LogP contribution < -0.4 is 21.1 Å². The Labute approximate surface area is 256 Å². The van der Waals surface area contributed by atoms with Crippen molar-refractivity contribution in [1.82, 2.24) is 19.4 Å². The quantitative estimate of drug-likeness (QED) is 0.424. The molecule has 2 aromatic heterocycles. The summed E-state index contributed by atoms with van der Waals surface area (Å²) in [6.07, 6.45) is -2.94. The van der Waals surface area contributed by atoms with E-state index in [0.29, 0.717) is 25.6 Å². The lowest BCUT2D eigenvalue weighted by Gasteiger charge is -2.40. The van der Waals surface area contributed by atoms with E-state index in [1.165, 1.54) is 12.4 Å². The molecule has 0 bridgehead atoms. The van der Waals surface area contributed by atoms with Crippen molar-refractivity contribution in [2.75, 3.05) is 49.6 Å². The lowest BCUT2D eigenvalue weighted by molar-refractivity contribution is -0.138. The average Bonchev–Trinajstić information content (AvgIpc) is 2.95. The standard InChI is InChI=1S/C30H34F5N7O3/c1-15-12-41(7-6-39(15)4)21-9-20(31)23(18-10-37-29(38-11-18)42-13-16(2)45-17(3)14-42)26(32)25(21)27-24(28(36)44)19(30(33,34)35)8-22(43)40(27)5/h8-11,15-17H,6-7,12-14H2,1-5H3,(H2,36,44)/t15?,16-,17-/m1/s1. The topological polar surface area (TPSA) is 110 Å². The minimum absolute atomic E-state index is 0.0927. The number of carbonyl (C=O) groups is 1. The number of amides is 1. The molecule has 1 unspecified atom stereocenters. The summed E-state index contributed by atoms with van der Waals surface area (Å²) in [4.78, 5) is 39.6. The van der Waals surface area contributed by atoms with E-state index in [9.17, 15) is 22.8 Å². The van der Waals surface area contributed by atoms with Gasteiger partial charge in [0.15, 0.2) is 0 Å². The van der Waals surface area contributed by atoms with Gasteiger partial charge >= 0.3 is 6.18 Å². The van der Waals surface area contributed by atoms with Gasteiger partial charge in [0.1, 0.15) is 11.6 Å². The molecule has 10 nitrogen and oxygen atoms in total. The summed E-state index contributed by atoms with van der Waals surface area (Å²) >= 11 is 0. The Hall–Kier alpha value is -4.11. The van der Waals surface area contributed by atoms with Crippen molar-refractivity contribution >= 4 is 17.5 Å². The zero-order valence-corrected chi connectivity index (χ0v) is 25.5. The first-order valence-corrected chi connectivity index (χ1v) is 14.4. The molecule has 2 aliphatic rings. The maximum absolute atomic E-state index is 16.9. The van der Waals surface area contributed by atoms with Crippen LogP contribution in [0.4, 0.5) is 33.6 Å². The Kier molecular flexibility index (Phi) is 8.61. The zero-order chi connectivity index (χ0) is 33.0. The van der Waals surface area contributed by atoms with E-state index in [0.717, 1.165) is 17.7 Å². The molecular weight excluding hydrogens is 601 g/mol. The number of halogens is 5. The molecule has 5 rings (SSSR count). The van der Waals surface area contributed by atoms with Crippen molar-refractivity contribution in [3.05, 3.63) is 57.6 Å². The monoisotopic (exact) mass is 635 g/mol. The fourth-order valence-corrected chi connectivity index (χ4v) is 6.03. The maximum Gasteiger partial charge on any atom is 0.417 e. The number of aromatic nitrogens is 3. The van der Waals surface area contributed by atoms with E-state index in [1.807, 2.05) is 37.6 Å². The molecule has 2 saturated heterocycles. The Bertz CT molecular complexity index is 1670. The SMILES string of the molecule is CC1CN(c2cc(F)c(-c3cnc(N4C[C@@H](C)O[C@H](C)C4)nc3)c(F)c2-c2c(C(N)=O)c(C(F)(F)F)cc(=O)n2C)CCN1C. The highest BCUT2D eigenvalue weighted by molar-refractivity contribution is 6.02. The number of hydrogen-bond donors (Lipinski definition) is 1. The van der Waals surface area contributed by atoms with Crippen LogP contribution in [0.3, 0.4) is 0 Å². The minimum atomic E-state index is -5.17. The van der Waals surface area contributed by atoms with Crippen molar-refractivity contribution in [3.63, 3.8) is 0 Å². The molecule has 242 valence electrons. The van der Waals surface area contributed by atoms with Crippen molar-refractivity contribution < 1.29 is 31.5 Å². The lowest BCUT2D eigenvalue weighted by Crippen LogP contribution is -2.50. The lowest BCUT2D eigenvalue weighted by atomic mass is 9.93. The number of nitrogens with two attached hydrogens (primary N) is 1. The van der Waals surface area contributed by atoms with Crippen LogP contribution in [-0.4, -0.2) is 83.4 Å². The van der Waals surface area contributed by atoms with Crippen LogP contribution in [0.5, 0.6) is 0 Å². The van der Waals surface area contributed by atoms with Crippen LogP contribution >= 0.6 is 0 Å². The van der Waals surface area contributed by atoms with Crippen LogP contribution in [-0.2, 0) is 18.0 Å². The number of benzene rings is 1. The van der Waals surface area contributed by atoms with Gasteiger partial charge in [-0.3, -0.25) is 9.59 Å². The van der Waals surface area contributed by atoms with Crippen LogP contribution in [0.25, 0.3) is 22.4 Å². The van der Waals surface area contributed by atoms with Gasteiger partial charge in [-0.25, -0.2) is 18.7 Å². The molecule has 45 heavy (non-hydrogen) atoms. The van der Waals surface area contributed by atoms with Gasteiger partial charge in [0.25, 0.3) is 11.5 Å². The third-order valence-electron chi connectivity index (χ3n) is 8.36. The number of nitrogens with zero attached hydrogens (tertiary/aromatic N) is 6. The van der Waals surface area contributed by atoms with Gasteiger partial charge in [-0.2, -0.15) is 13.2 Å². The van der Waals surface area contributed by atoms with Gasteiger partial charge in [0, 0.05) is 69.8 Å². The number of carbonyl (C=O) groups excluding carboxylic acids is 1. The number of pyridine rings is 1. The third-order valence-corrected chi connectivity index (χ3v) is 8.36. The Morgan fingerprint density at radius 1 is 0.956 bits per heavy atom. The van der Waals surface area contributed by atoms with Crippen LogP contribution in [0.15, 0.2) is 29.3 Å². The van der Waals surface area contributed by atoms with Crippen molar-refractivity contribution in [2.45, 2.75) is 45.2 Å². The summed E-state index contributed by atoms with van der Waals surface area (Å²) in [5, 5.41) is 0. The van der Waals surface area contributed by atoms with Crippen LogP contribution in [0, 0.1) is 11.6 Å². The number of piperazine rings is 1. The molecule has 3 aromatic rings. The number of hydrogen-bond acceptors (Lipinski definition) is 8. The molecule has 2 fully saturated rings. The van der Waals surface area contributed by atoms with Crippen molar-refractivity contribution in [2.24, 2.45) is 12.8 Å². The molecule has 2 N–H and O–H groups in total. The highest BCUT2D eigenvalue weighted by Gasteiger charge is 2.40. The molecule has 1 amide bonds. The average molecular weight is 636 g/mol. The molecule has 0 radical (unpaired) electrons. The smallest absolute Gasteiger partial charge is 0.372 e. The van der Waals surface area contributed by atoms with E-state index >= 15 is 8.78 Å². The van der Waals surface area contributed by atoms with E-state index in [4.69, 9.17) is 10.5 Å². The molecule has 0 saturated carbocycles. The summed E-state index contributed by atoms with van der Waals surface area (Å²) in [7, 11) is 2.97. The molecule has 15 heteroatoms. The number of rotatable bonds is 5. The Morgan fingerprint density at radius 3 is 2.13 bits per heavy atom. The summed E-state index contributed by atoms with van der Waals surface area (Å²) in [5.74, 6) is -3.54. The van der Waals surface area contributed by atoms with Gasteiger partial charge in [-0.05, 0) is 33.9 Å². The third kappa shape index (κ3) is 6.10. The molecule has 0 spiro atoms. The largest absolute Gasteiger partial charge is 0.417 e. The number of anilines is 2. The molecule has 4 heterocycles. The van der Waals surface area contributed by atoms with Crippen LogP contribution in [0.2, 0.25) is 0 Å². The zero-order valence-electron chi connectivity index (χ0n) is 25.5.